The second-order valence-electron chi connectivity index (χ2n) is 19.2. The number of nitrogens with zero attached hydrogens (tertiary/aromatic N) is 7. The zero-order chi connectivity index (χ0) is 46.2. The monoisotopic (exact) mass is 897 g/mol. The van der Waals surface area contributed by atoms with Gasteiger partial charge in [-0.25, -0.2) is 15.2 Å². The number of cyclic esters (lactones) is 1. The van der Waals surface area contributed by atoms with Crippen molar-refractivity contribution in [2.45, 2.75) is 124 Å². The van der Waals surface area contributed by atoms with E-state index in [0.717, 1.165) is 57.8 Å². The number of fused-ring (bicyclic) bond motifs is 6. The number of thiazole rings is 1. The summed E-state index contributed by atoms with van der Waals surface area (Å²) in [6, 6.07) is 7.49. The first kappa shape index (κ1) is 47.1. The van der Waals surface area contributed by atoms with Crippen LogP contribution in [0.25, 0.3) is 33.4 Å². The predicted octanol–water partition coefficient (Wildman–Crippen LogP) is 6.30. The number of ether oxygens (including phenoxy) is 2. The van der Waals surface area contributed by atoms with Crippen molar-refractivity contribution in [3.05, 3.63) is 58.2 Å². The van der Waals surface area contributed by atoms with Gasteiger partial charge in [-0.3, -0.25) is 24.4 Å². The van der Waals surface area contributed by atoms with Gasteiger partial charge in [0.25, 0.3) is 5.91 Å². The molecule has 2 N–H and O–H groups in total. The average molecular weight is 898 g/mol. The summed E-state index contributed by atoms with van der Waals surface area (Å²) >= 11 is 1.43. The number of piperazine rings is 1. The lowest BCUT2D eigenvalue weighted by Gasteiger charge is -2.46. The number of amides is 4. The maximum atomic E-state index is 14.6. The van der Waals surface area contributed by atoms with Gasteiger partial charge in [-0.05, 0) is 89.8 Å². The number of nitrogens with one attached hydrogen (secondary N) is 2. The first-order valence-corrected chi connectivity index (χ1v) is 23.7. The number of likely N-dealkylation sites (N-methyl/N-ethyl adjacent to an activating group) is 2. The van der Waals surface area contributed by atoms with Gasteiger partial charge in [-0.2, -0.15) is 0 Å². The first-order valence-electron chi connectivity index (χ1n) is 22.8. The molecule has 1 aromatic carbocycles. The second-order valence-corrected chi connectivity index (χ2v) is 20.1. The van der Waals surface area contributed by atoms with E-state index in [1.807, 2.05) is 58.0 Å². The van der Waals surface area contributed by atoms with Crippen LogP contribution in [0.2, 0.25) is 0 Å². The number of methoxy groups -OCH3 is 1. The summed E-state index contributed by atoms with van der Waals surface area (Å²) in [5.41, 5.74) is 9.40. The van der Waals surface area contributed by atoms with Crippen LogP contribution < -0.4 is 10.7 Å². The molecule has 346 valence electrons. The summed E-state index contributed by atoms with van der Waals surface area (Å²) < 4.78 is 14.3. The molecule has 64 heavy (non-hydrogen) atoms. The molecule has 4 aromatic rings. The van der Waals surface area contributed by atoms with E-state index in [-0.39, 0.29) is 49.1 Å². The fourth-order valence-corrected chi connectivity index (χ4v) is 10.9. The lowest BCUT2D eigenvalue weighted by Crippen LogP contribution is -2.64. The van der Waals surface area contributed by atoms with Crippen LogP contribution in [-0.2, 0) is 43.2 Å². The molecule has 6 atom stereocenters. The molecule has 6 heterocycles. The molecule has 3 aliphatic rings. The van der Waals surface area contributed by atoms with Crippen LogP contribution in [0.15, 0.2) is 41.9 Å². The minimum absolute atomic E-state index is 0.0439. The summed E-state index contributed by atoms with van der Waals surface area (Å²) in [7, 11) is 5.41. The van der Waals surface area contributed by atoms with E-state index in [9.17, 15) is 19.2 Å². The Morgan fingerprint density at radius 2 is 1.86 bits per heavy atom. The first-order chi connectivity index (χ1) is 30.4. The van der Waals surface area contributed by atoms with Gasteiger partial charge in [0.05, 0.1) is 34.8 Å². The number of aromatic nitrogens is 3. The number of hydrazine groups is 1. The lowest BCUT2D eigenvalue weighted by atomic mass is 9.84. The van der Waals surface area contributed by atoms with Crippen molar-refractivity contribution in [1.29, 1.82) is 0 Å². The Kier molecular flexibility index (Phi) is 14.2. The standard InChI is InChI=1S/C48H67N9O6S/c1-12-55-39-18-17-32-21-34(39)35(43(55)33-15-13-19-49-41(33)31(6)62-11)23-48(7,8)27-63-46(60)36-16-14-20-56(52-36)45(59)37(22-40-50-38(32)26-64-40)51-44(58)42(28(2)3)54(10)47(61)57-29(4)24-53(9)25-30(57)5/h13,15,17-19,21,26,28-31,36-37,42,52H,12,14,16,20,22-25,27H2,1-11H3,(H,51,58)/t29-,30-,31-,36-,37-,42-/m0/s1. The Hall–Kier alpha value is -4.90. The van der Waals surface area contributed by atoms with Crippen LogP contribution in [0.4, 0.5) is 4.79 Å². The Morgan fingerprint density at radius 3 is 2.55 bits per heavy atom. The largest absolute Gasteiger partial charge is 0.464 e. The van der Waals surface area contributed by atoms with E-state index in [1.165, 1.54) is 21.2 Å². The summed E-state index contributed by atoms with van der Waals surface area (Å²) in [6.45, 7) is 18.9. The number of hydrogen-bond acceptors (Lipinski definition) is 11. The Balaban J connectivity index is 1.28. The maximum absolute atomic E-state index is 14.6. The zero-order valence-corrected chi connectivity index (χ0v) is 40.3. The van der Waals surface area contributed by atoms with Gasteiger partial charge in [0, 0.05) is 97.9 Å². The van der Waals surface area contributed by atoms with E-state index in [2.05, 4.69) is 65.2 Å². The molecule has 4 amide bonds. The van der Waals surface area contributed by atoms with Crippen LogP contribution >= 0.6 is 11.3 Å². The highest BCUT2D eigenvalue weighted by Crippen LogP contribution is 2.42. The number of carbonyl (C=O) groups is 4. The van der Waals surface area contributed by atoms with Gasteiger partial charge in [0.2, 0.25) is 5.91 Å². The average Bonchev–Trinajstić information content (AvgIpc) is 3.85. The fraction of sp³-hybridized carbons (Fsp3) is 0.583. The van der Waals surface area contributed by atoms with Crippen LogP contribution in [0, 0.1) is 11.3 Å². The third-order valence-corrected chi connectivity index (χ3v) is 14.0. The molecule has 2 fully saturated rings. The van der Waals surface area contributed by atoms with Gasteiger partial charge in [0.1, 0.15) is 18.1 Å². The molecule has 7 rings (SSSR count). The van der Waals surface area contributed by atoms with Crippen molar-refractivity contribution in [3.8, 4) is 22.5 Å². The molecule has 0 radical (unpaired) electrons. The molecule has 3 aliphatic heterocycles. The summed E-state index contributed by atoms with van der Waals surface area (Å²) in [4.78, 5) is 72.7. The number of urea groups is 1. The quantitative estimate of drug-likeness (QED) is 0.193. The molecule has 0 spiro atoms. The van der Waals surface area contributed by atoms with E-state index in [0.29, 0.717) is 37.4 Å². The molecule has 6 bridgehead atoms. The molecule has 15 nitrogen and oxygen atoms in total. The Bertz CT molecular complexity index is 2350. The molecule has 0 aliphatic carbocycles. The fourth-order valence-electron chi connectivity index (χ4n) is 10.0. The number of pyridine rings is 1. The van der Waals surface area contributed by atoms with Crippen molar-refractivity contribution in [1.82, 2.24) is 45.0 Å². The highest BCUT2D eigenvalue weighted by Gasteiger charge is 2.41. The van der Waals surface area contributed by atoms with Crippen molar-refractivity contribution < 1.29 is 28.7 Å². The number of carbonyl (C=O) groups excluding carboxylic acids is 4. The lowest BCUT2D eigenvalue weighted by molar-refractivity contribution is -0.155. The van der Waals surface area contributed by atoms with Crippen LogP contribution in [0.1, 0.15) is 90.6 Å². The molecule has 16 heteroatoms. The Labute approximate surface area is 381 Å². The third kappa shape index (κ3) is 9.56. The number of benzene rings is 1. The summed E-state index contributed by atoms with van der Waals surface area (Å²) in [5, 5.41) is 8.24. The molecule has 0 saturated carbocycles. The molecular formula is C48H67N9O6S. The third-order valence-electron chi connectivity index (χ3n) is 13.1. The van der Waals surface area contributed by atoms with Gasteiger partial charge in [0.15, 0.2) is 0 Å². The minimum Gasteiger partial charge on any atom is -0.464 e. The van der Waals surface area contributed by atoms with Crippen molar-refractivity contribution in [3.63, 3.8) is 0 Å². The number of hydrogen-bond donors (Lipinski definition) is 2. The number of rotatable bonds is 8. The number of aryl methyl sites for hydroxylation is 1. The number of esters is 1. The van der Waals surface area contributed by atoms with Gasteiger partial charge in [-0.15, -0.1) is 11.3 Å². The molecule has 3 aromatic heterocycles. The second kappa shape index (κ2) is 19.3. The maximum Gasteiger partial charge on any atom is 0.324 e. The zero-order valence-electron chi connectivity index (χ0n) is 39.4. The molecular weight excluding hydrogens is 831 g/mol. The highest BCUT2D eigenvalue weighted by atomic mass is 32.1. The van der Waals surface area contributed by atoms with Crippen molar-refractivity contribution in [2.24, 2.45) is 11.3 Å². The van der Waals surface area contributed by atoms with E-state index >= 15 is 0 Å². The van der Waals surface area contributed by atoms with Crippen molar-refractivity contribution in [2.75, 3.05) is 47.4 Å². The predicted molar refractivity (Wildman–Crippen MR) is 249 cm³/mol. The van der Waals surface area contributed by atoms with E-state index < -0.39 is 35.4 Å². The van der Waals surface area contributed by atoms with Crippen LogP contribution in [0.5, 0.6) is 0 Å². The van der Waals surface area contributed by atoms with Crippen molar-refractivity contribution >= 4 is 46.1 Å². The van der Waals surface area contributed by atoms with Crippen LogP contribution in [0.3, 0.4) is 0 Å². The van der Waals surface area contributed by atoms with E-state index in [4.69, 9.17) is 19.4 Å². The van der Waals surface area contributed by atoms with Crippen LogP contribution in [-0.4, -0.2) is 136 Å². The van der Waals surface area contributed by atoms with Gasteiger partial charge < -0.3 is 34.1 Å². The molecule has 2 saturated heterocycles. The smallest absolute Gasteiger partial charge is 0.324 e. The topological polar surface area (TPSA) is 154 Å². The summed E-state index contributed by atoms with van der Waals surface area (Å²) in [6.07, 6.45) is 3.30. The Morgan fingerprint density at radius 1 is 1.12 bits per heavy atom. The van der Waals surface area contributed by atoms with Gasteiger partial charge in [-0.1, -0.05) is 33.8 Å². The SMILES string of the molecule is CCn1c(-c2cccnc2[C@H](C)OC)c2c3cc(ccc31)-c1csc(n1)C[C@H](NC(=O)[C@H](C(C)C)N(C)C(=O)N1[C@@H](C)CN(C)C[C@@H]1C)C(=O)N1CCC[C@H](N1)C(=O)OCC(C)(C)C2. The molecule has 0 unspecified atom stereocenters. The van der Waals surface area contributed by atoms with Gasteiger partial charge >= 0.3 is 12.0 Å². The minimum atomic E-state index is -1.05. The highest BCUT2D eigenvalue weighted by molar-refractivity contribution is 7.10. The van der Waals surface area contributed by atoms with E-state index in [1.54, 1.807) is 20.4 Å². The summed E-state index contributed by atoms with van der Waals surface area (Å²) in [5.74, 6) is -1.52. The normalized spacial score (nSPS) is 23.1.